The van der Waals surface area contributed by atoms with E-state index in [0.717, 1.165) is 24.8 Å². The monoisotopic (exact) mass is 419 g/mol. The van der Waals surface area contributed by atoms with E-state index in [1.807, 2.05) is 30.3 Å². The van der Waals surface area contributed by atoms with Gasteiger partial charge >= 0.3 is 5.97 Å². The van der Waals surface area contributed by atoms with Gasteiger partial charge in [0, 0.05) is 23.0 Å². The SMILES string of the molecule is O=C(O)c1cc(NC(=O)C2(c3ccccc3)CC2)cc(F)c1-c1cnn(C2CCC2)c1. The van der Waals surface area contributed by atoms with E-state index in [9.17, 15) is 14.7 Å². The second kappa shape index (κ2) is 7.34. The zero-order chi connectivity index (χ0) is 21.6. The number of anilines is 1. The summed E-state index contributed by atoms with van der Waals surface area (Å²) in [6, 6.07) is 12.2. The highest BCUT2D eigenvalue weighted by Gasteiger charge is 2.51. The van der Waals surface area contributed by atoms with Gasteiger partial charge in [0.05, 0.1) is 23.2 Å². The third-order valence-electron chi connectivity index (χ3n) is 6.43. The summed E-state index contributed by atoms with van der Waals surface area (Å²) in [5.74, 6) is -2.21. The van der Waals surface area contributed by atoms with Crippen molar-refractivity contribution in [3.8, 4) is 11.1 Å². The first-order valence-corrected chi connectivity index (χ1v) is 10.5. The van der Waals surface area contributed by atoms with Gasteiger partial charge in [0.15, 0.2) is 0 Å². The molecule has 2 aliphatic rings. The summed E-state index contributed by atoms with van der Waals surface area (Å²) < 4.78 is 16.9. The van der Waals surface area contributed by atoms with Crippen LogP contribution < -0.4 is 5.32 Å². The summed E-state index contributed by atoms with van der Waals surface area (Å²) >= 11 is 0. The van der Waals surface area contributed by atoms with Crippen molar-refractivity contribution in [3.63, 3.8) is 0 Å². The molecule has 0 bridgehead atoms. The fraction of sp³-hybridized carbons (Fsp3) is 0.292. The number of carbonyl (C=O) groups is 2. The molecular weight excluding hydrogens is 397 g/mol. The second-order valence-electron chi connectivity index (χ2n) is 8.38. The lowest BCUT2D eigenvalue weighted by molar-refractivity contribution is -0.118. The van der Waals surface area contributed by atoms with Crippen molar-refractivity contribution in [1.29, 1.82) is 0 Å². The van der Waals surface area contributed by atoms with Gasteiger partial charge in [-0.3, -0.25) is 9.48 Å². The normalized spacial score (nSPS) is 17.1. The molecule has 0 atom stereocenters. The molecule has 0 aliphatic heterocycles. The van der Waals surface area contributed by atoms with Gasteiger partial charge in [-0.15, -0.1) is 0 Å². The molecule has 1 amide bonds. The molecule has 2 N–H and O–H groups in total. The Hall–Kier alpha value is -3.48. The van der Waals surface area contributed by atoms with Gasteiger partial charge in [-0.1, -0.05) is 30.3 Å². The summed E-state index contributed by atoms with van der Waals surface area (Å²) in [4.78, 5) is 24.9. The zero-order valence-electron chi connectivity index (χ0n) is 16.8. The smallest absolute Gasteiger partial charge is 0.336 e. The minimum atomic E-state index is -1.26. The van der Waals surface area contributed by atoms with Crippen LogP contribution in [0.3, 0.4) is 0 Å². The van der Waals surface area contributed by atoms with Crippen molar-refractivity contribution < 1.29 is 19.1 Å². The third-order valence-corrected chi connectivity index (χ3v) is 6.43. The Morgan fingerprint density at radius 2 is 1.90 bits per heavy atom. The van der Waals surface area contributed by atoms with Gasteiger partial charge in [-0.25, -0.2) is 9.18 Å². The van der Waals surface area contributed by atoms with E-state index in [2.05, 4.69) is 10.4 Å². The topological polar surface area (TPSA) is 84.2 Å². The van der Waals surface area contributed by atoms with Crippen LogP contribution in [0.15, 0.2) is 54.9 Å². The molecule has 1 heterocycles. The Morgan fingerprint density at radius 3 is 2.52 bits per heavy atom. The molecule has 5 rings (SSSR count). The van der Waals surface area contributed by atoms with Gasteiger partial charge in [0.25, 0.3) is 0 Å². The van der Waals surface area contributed by atoms with Crippen LogP contribution in [0.5, 0.6) is 0 Å². The van der Waals surface area contributed by atoms with Crippen molar-refractivity contribution in [1.82, 2.24) is 9.78 Å². The van der Waals surface area contributed by atoms with E-state index in [-0.39, 0.29) is 28.8 Å². The average Bonchev–Trinajstić information content (AvgIpc) is 3.41. The molecule has 2 saturated carbocycles. The average molecular weight is 419 g/mol. The van der Waals surface area contributed by atoms with Crippen molar-refractivity contribution in [2.75, 3.05) is 5.32 Å². The fourth-order valence-corrected chi connectivity index (χ4v) is 4.24. The standard InChI is InChI=1S/C24H22FN3O3/c25-20-12-17(27-23(31)24(9-10-24)16-5-2-1-3-6-16)11-19(22(29)30)21(20)15-13-26-28(14-15)18-7-4-8-18/h1-3,5-6,11-14,18H,4,7-10H2,(H,27,31)(H,29,30). The highest BCUT2D eigenvalue weighted by atomic mass is 19.1. The number of carboxylic acids is 1. The van der Waals surface area contributed by atoms with Crippen LogP contribution in [-0.2, 0) is 10.2 Å². The van der Waals surface area contributed by atoms with Crippen LogP contribution in [0.4, 0.5) is 10.1 Å². The van der Waals surface area contributed by atoms with Crippen molar-refractivity contribution in [2.45, 2.75) is 43.6 Å². The maximum absolute atomic E-state index is 15.1. The van der Waals surface area contributed by atoms with Crippen LogP contribution in [0.1, 0.15) is 54.1 Å². The minimum absolute atomic E-state index is 0.0136. The van der Waals surface area contributed by atoms with Gasteiger partial charge in [0.2, 0.25) is 5.91 Å². The van der Waals surface area contributed by atoms with Crippen LogP contribution in [0.2, 0.25) is 0 Å². The quantitative estimate of drug-likeness (QED) is 0.602. The van der Waals surface area contributed by atoms with E-state index in [1.54, 1.807) is 10.9 Å². The molecular formula is C24H22FN3O3. The molecule has 2 aromatic carbocycles. The first kappa shape index (κ1) is 19.5. The molecule has 7 heteroatoms. The maximum atomic E-state index is 15.1. The highest BCUT2D eigenvalue weighted by Crippen LogP contribution is 2.49. The van der Waals surface area contributed by atoms with Crippen LogP contribution in [0.25, 0.3) is 11.1 Å². The molecule has 158 valence electrons. The largest absolute Gasteiger partial charge is 0.478 e. The van der Waals surface area contributed by atoms with Gasteiger partial charge in [-0.05, 0) is 49.8 Å². The molecule has 2 aliphatic carbocycles. The fourth-order valence-electron chi connectivity index (χ4n) is 4.24. The number of carboxylic acid groups (broad SMARTS) is 1. The summed E-state index contributed by atoms with van der Waals surface area (Å²) in [6.07, 6.45) is 7.77. The summed E-state index contributed by atoms with van der Waals surface area (Å²) in [5, 5.41) is 16.8. The lowest BCUT2D eigenvalue weighted by atomic mass is 9.93. The molecule has 0 unspecified atom stereocenters. The third kappa shape index (κ3) is 3.40. The van der Waals surface area contributed by atoms with Gasteiger partial charge in [-0.2, -0.15) is 5.10 Å². The molecule has 31 heavy (non-hydrogen) atoms. The first-order chi connectivity index (χ1) is 15.0. The van der Waals surface area contributed by atoms with Crippen molar-refractivity contribution in [3.05, 3.63) is 71.8 Å². The van der Waals surface area contributed by atoms with E-state index >= 15 is 4.39 Å². The maximum Gasteiger partial charge on any atom is 0.336 e. The van der Waals surface area contributed by atoms with E-state index < -0.39 is 17.2 Å². The minimum Gasteiger partial charge on any atom is -0.478 e. The number of carbonyl (C=O) groups excluding carboxylic acids is 1. The Kier molecular flexibility index (Phi) is 4.61. The number of nitrogens with one attached hydrogen (secondary N) is 1. The van der Waals surface area contributed by atoms with Crippen molar-refractivity contribution >= 4 is 17.6 Å². The number of aromatic nitrogens is 2. The number of aromatic carboxylic acids is 1. The number of nitrogens with zero attached hydrogens (tertiary/aromatic N) is 2. The molecule has 1 aromatic heterocycles. The second-order valence-corrected chi connectivity index (χ2v) is 8.38. The number of rotatable bonds is 6. The molecule has 2 fully saturated rings. The Balaban J connectivity index is 1.45. The Bertz CT molecular complexity index is 1160. The number of hydrogen-bond donors (Lipinski definition) is 2. The van der Waals surface area contributed by atoms with Crippen LogP contribution >= 0.6 is 0 Å². The molecule has 6 nitrogen and oxygen atoms in total. The summed E-state index contributed by atoms with van der Waals surface area (Å²) in [7, 11) is 0. The molecule has 0 radical (unpaired) electrons. The van der Waals surface area contributed by atoms with Crippen LogP contribution in [-0.4, -0.2) is 26.8 Å². The highest BCUT2D eigenvalue weighted by molar-refractivity contribution is 6.03. The van der Waals surface area contributed by atoms with Crippen molar-refractivity contribution in [2.24, 2.45) is 0 Å². The van der Waals surface area contributed by atoms with Gasteiger partial charge in [0.1, 0.15) is 5.82 Å². The van der Waals surface area contributed by atoms with Crippen LogP contribution in [0, 0.1) is 5.82 Å². The molecule has 0 saturated heterocycles. The number of amides is 1. The predicted molar refractivity (Wildman–Crippen MR) is 113 cm³/mol. The van der Waals surface area contributed by atoms with E-state index in [4.69, 9.17) is 0 Å². The number of hydrogen-bond acceptors (Lipinski definition) is 3. The zero-order valence-corrected chi connectivity index (χ0v) is 16.8. The number of halogens is 1. The molecule has 3 aromatic rings. The van der Waals surface area contributed by atoms with E-state index in [0.29, 0.717) is 18.4 Å². The predicted octanol–water partition coefficient (Wildman–Crippen LogP) is 4.78. The lowest BCUT2D eigenvalue weighted by Gasteiger charge is -2.25. The summed E-state index contributed by atoms with van der Waals surface area (Å²) in [5.41, 5.74) is 0.614. The number of benzene rings is 2. The summed E-state index contributed by atoms with van der Waals surface area (Å²) in [6.45, 7) is 0. The Morgan fingerprint density at radius 1 is 1.16 bits per heavy atom. The lowest BCUT2D eigenvalue weighted by Crippen LogP contribution is -2.28. The van der Waals surface area contributed by atoms with E-state index in [1.165, 1.54) is 18.3 Å². The Labute approximate surface area is 178 Å². The molecule has 0 spiro atoms. The van der Waals surface area contributed by atoms with Gasteiger partial charge < -0.3 is 10.4 Å². The first-order valence-electron chi connectivity index (χ1n) is 10.5.